The Labute approximate surface area is 234 Å². The summed E-state index contributed by atoms with van der Waals surface area (Å²) in [4.78, 5) is 4.01. The number of hydrogen-bond donors (Lipinski definition) is 0. The smallest absolute Gasteiger partial charge is 0.131 e. The van der Waals surface area contributed by atoms with Gasteiger partial charge >= 0.3 is 0 Å². The molecule has 1 aliphatic rings. The van der Waals surface area contributed by atoms with Gasteiger partial charge in [-0.1, -0.05) is 60.7 Å². The lowest BCUT2D eigenvalue weighted by Gasteiger charge is -2.27. The summed E-state index contributed by atoms with van der Waals surface area (Å²) in [5.74, 6) is 1.96. The number of pyridine rings is 1. The highest BCUT2D eigenvalue weighted by atomic mass is 19.1. The molecule has 0 N–H and O–H groups in total. The monoisotopic (exact) mass is 529 g/mol. The van der Waals surface area contributed by atoms with Crippen LogP contribution in [0.2, 0.25) is 0 Å². The summed E-state index contributed by atoms with van der Waals surface area (Å²) < 4.78 is 24.7. The van der Waals surface area contributed by atoms with E-state index in [-0.39, 0.29) is 5.82 Å². The molecule has 0 saturated heterocycles. The summed E-state index contributed by atoms with van der Waals surface area (Å²) >= 11 is 0. The molecule has 7 rings (SSSR count). The van der Waals surface area contributed by atoms with Crippen molar-refractivity contribution in [3.8, 4) is 11.5 Å². The van der Waals surface area contributed by atoms with Crippen molar-refractivity contribution in [1.29, 1.82) is 0 Å². The molecule has 1 aromatic heterocycles. The van der Waals surface area contributed by atoms with E-state index in [0.717, 1.165) is 48.0 Å². The molecule has 200 valence electrons. The fourth-order valence-electron chi connectivity index (χ4n) is 6.11. The van der Waals surface area contributed by atoms with Crippen molar-refractivity contribution in [3.05, 3.63) is 126 Å². The van der Waals surface area contributed by atoms with Crippen LogP contribution < -0.4 is 9.47 Å². The van der Waals surface area contributed by atoms with E-state index in [9.17, 15) is 4.39 Å². The summed E-state index contributed by atoms with van der Waals surface area (Å²) in [5, 5.41) is 7.14. The predicted octanol–water partition coefficient (Wildman–Crippen LogP) is 9.05. The predicted molar refractivity (Wildman–Crippen MR) is 162 cm³/mol. The number of nitrogens with zero attached hydrogens (tertiary/aromatic N) is 1. The van der Waals surface area contributed by atoms with Crippen LogP contribution in [0.25, 0.3) is 32.3 Å². The fourth-order valence-corrected chi connectivity index (χ4v) is 6.11. The molecule has 1 unspecified atom stereocenters. The van der Waals surface area contributed by atoms with Crippen LogP contribution in [0.4, 0.5) is 4.39 Å². The third-order valence-electron chi connectivity index (χ3n) is 8.04. The number of ether oxygens (including phenoxy) is 2. The second-order valence-corrected chi connectivity index (χ2v) is 10.3. The largest absolute Gasteiger partial charge is 0.496 e. The van der Waals surface area contributed by atoms with Crippen molar-refractivity contribution < 1.29 is 13.9 Å². The molecule has 0 radical (unpaired) electrons. The molecule has 0 aliphatic heterocycles. The molecular formula is C36H32FNO2. The first-order chi connectivity index (χ1) is 19.7. The Bertz CT molecular complexity index is 1730. The third kappa shape index (κ3) is 4.98. The first-order valence-corrected chi connectivity index (χ1v) is 13.8. The van der Waals surface area contributed by atoms with E-state index in [0.29, 0.717) is 5.92 Å². The molecule has 0 fully saturated rings. The number of hydrogen-bond acceptors (Lipinski definition) is 3. The lowest BCUT2D eigenvalue weighted by Crippen LogP contribution is -2.13. The zero-order chi connectivity index (χ0) is 27.5. The van der Waals surface area contributed by atoms with E-state index >= 15 is 0 Å². The minimum Gasteiger partial charge on any atom is -0.496 e. The molecule has 0 amide bonds. The van der Waals surface area contributed by atoms with Gasteiger partial charge in [0.25, 0.3) is 0 Å². The van der Waals surface area contributed by atoms with Crippen LogP contribution in [0.3, 0.4) is 0 Å². The zero-order valence-corrected chi connectivity index (χ0v) is 22.9. The van der Waals surface area contributed by atoms with E-state index in [1.807, 2.05) is 54.9 Å². The van der Waals surface area contributed by atoms with Crippen LogP contribution in [-0.2, 0) is 12.8 Å². The minimum atomic E-state index is -0.178. The van der Waals surface area contributed by atoms with Gasteiger partial charge in [-0.15, -0.1) is 0 Å². The van der Waals surface area contributed by atoms with Crippen LogP contribution >= 0.6 is 0 Å². The summed E-state index contributed by atoms with van der Waals surface area (Å²) in [6.45, 7) is 0. The van der Waals surface area contributed by atoms with Crippen molar-refractivity contribution in [2.24, 2.45) is 0 Å². The molecule has 1 aliphatic carbocycles. The molecule has 0 spiro atoms. The average molecular weight is 530 g/mol. The number of halogens is 1. The topological polar surface area (TPSA) is 31.4 Å². The average Bonchev–Trinajstić information content (AvgIpc) is 3.01. The molecule has 1 heterocycles. The highest BCUT2D eigenvalue weighted by Gasteiger charge is 2.24. The van der Waals surface area contributed by atoms with Crippen molar-refractivity contribution >= 4 is 32.3 Å². The van der Waals surface area contributed by atoms with Crippen LogP contribution in [0.5, 0.6) is 11.5 Å². The Morgan fingerprint density at radius 2 is 1.57 bits per heavy atom. The van der Waals surface area contributed by atoms with E-state index in [4.69, 9.17) is 9.47 Å². The molecule has 1 atom stereocenters. The number of methoxy groups -OCH3 is 2. The number of aromatic nitrogens is 1. The van der Waals surface area contributed by atoms with Gasteiger partial charge in [0.05, 0.1) is 19.6 Å². The van der Waals surface area contributed by atoms with Gasteiger partial charge in [-0.2, -0.15) is 0 Å². The summed E-state index contributed by atoms with van der Waals surface area (Å²) in [6.07, 6.45) is 8.02. The first kappa shape index (κ1) is 25.8. The molecule has 0 bridgehead atoms. The van der Waals surface area contributed by atoms with E-state index in [2.05, 4.69) is 41.4 Å². The highest BCUT2D eigenvalue weighted by Crippen LogP contribution is 2.44. The molecule has 4 heteroatoms. The Morgan fingerprint density at radius 1 is 0.775 bits per heavy atom. The summed E-state index contributed by atoms with van der Waals surface area (Å²) in [5.41, 5.74) is 4.03. The van der Waals surface area contributed by atoms with Crippen molar-refractivity contribution in [2.45, 2.75) is 31.6 Å². The molecule has 6 aromatic rings. The number of rotatable bonds is 4. The second kappa shape index (κ2) is 11.4. The van der Waals surface area contributed by atoms with Gasteiger partial charge in [0, 0.05) is 12.4 Å². The van der Waals surface area contributed by atoms with Gasteiger partial charge in [-0.05, 0) is 106 Å². The maximum atomic E-state index is 13.3. The summed E-state index contributed by atoms with van der Waals surface area (Å²) in [7, 11) is 3.42. The normalized spacial score (nSPS) is 14.4. The maximum absolute atomic E-state index is 13.3. The fraction of sp³-hybridized carbons (Fsp3) is 0.194. The van der Waals surface area contributed by atoms with Crippen LogP contribution in [0.15, 0.2) is 103 Å². The van der Waals surface area contributed by atoms with Crippen LogP contribution in [0.1, 0.15) is 35.4 Å². The van der Waals surface area contributed by atoms with E-state index in [1.165, 1.54) is 38.2 Å². The molecule has 3 nitrogen and oxygen atoms in total. The van der Waals surface area contributed by atoms with Gasteiger partial charge in [0.15, 0.2) is 0 Å². The maximum Gasteiger partial charge on any atom is 0.131 e. The van der Waals surface area contributed by atoms with Gasteiger partial charge in [0.1, 0.15) is 17.3 Å². The van der Waals surface area contributed by atoms with Gasteiger partial charge in [-0.3, -0.25) is 4.98 Å². The molecule has 40 heavy (non-hydrogen) atoms. The van der Waals surface area contributed by atoms with Gasteiger partial charge < -0.3 is 9.47 Å². The van der Waals surface area contributed by atoms with E-state index < -0.39 is 0 Å². The Kier molecular flexibility index (Phi) is 7.33. The van der Waals surface area contributed by atoms with Crippen LogP contribution in [0, 0.1) is 5.82 Å². The Morgan fingerprint density at radius 3 is 2.35 bits per heavy atom. The lowest BCUT2D eigenvalue weighted by molar-refractivity contribution is 0.405. The van der Waals surface area contributed by atoms with Crippen LogP contribution in [-0.4, -0.2) is 19.2 Å². The molecule has 5 aromatic carbocycles. The third-order valence-corrected chi connectivity index (χ3v) is 8.04. The van der Waals surface area contributed by atoms with Crippen molar-refractivity contribution in [1.82, 2.24) is 4.98 Å². The van der Waals surface area contributed by atoms with Gasteiger partial charge in [-0.25, -0.2) is 4.39 Å². The number of benzene rings is 5. The van der Waals surface area contributed by atoms with Crippen molar-refractivity contribution in [2.75, 3.05) is 14.2 Å². The highest BCUT2D eigenvalue weighted by molar-refractivity contribution is 6.13. The molecule has 0 saturated carbocycles. The van der Waals surface area contributed by atoms with Crippen molar-refractivity contribution in [3.63, 3.8) is 0 Å². The number of fused-ring (bicyclic) bond motifs is 6. The SMILES string of the molecule is COc1cccc2c1c(OC)cc1c3c(ccc12)C(Cc1ccc(F)cc1)CCC3.c1ccc2cnccc2c1. The second-order valence-electron chi connectivity index (χ2n) is 10.3. The summed E-state index contributed by atoms with van der Waals surface area (Å²) in [6, 6.07) is 30.0. The minimum absolute atomic E-state index is 0.178. The number of aryl methyl sites for hydroxylation is 1. The zero-order valence-electron chi connectivity index (χ0n) is 22.9. The molecular weight excluding hydrogens is 497 g/mol. The van der Waals surface area contributed by atoms with E-state index in [1.54, 1.807) is 26.4 Å². The Hall–Kier alpha value is -4.44. The standard InChI is InChI=1S/C27H25FO2.C9H7N/c1-29-25-8-4-7-23-22-14-13-20-18(15-17-9-11-19(28)12-10-17)5-3-6-21(20)24(22)16-26(30-2)27(23)25;1-2-4-9-7-10-6-5-8(9)3-1/h4,7-14,16,18H,3,5-6,15H2,1-2H3;1-7H. The van der Waals surface area contributed by atoms with Gasteiger partial charge in [0.2, 0.25) is 0 Å². The quantitative estimate of drug-likeness (QED) is 0.214. The lowest BCUT2D eigenvalue weighted by atomic mass is 9.77. The first-order valence-electron chi connectivity index (χ1n) is 13.8. The Balaban J connectivity index is 0.000000242.